The summed E-state index contributed by atoms with van der Waals surface area (Å²) < 4.78 is 40.3. The second-order valence-electron chi connectivity index (χ2n) is 4.78. The zero-order valence-corrected chi connectivity index (χ0v) is 10.8. The average molecular weight is 282 g/mol. The summed E-state index contributed by atoms with van der Waals surface area (Å²) in [6, 6.07) is 1.92. The minimum Gasteiger partial charge on any atom is -0.370 e. The van der Waals surface area contributed by atoms with Crippen molar-refractivity contribution in [3.05, 3.63) is 30.1 Å². The average Bonchev–Trinajstić information content (AvgIpc) is 2.76. The Morgan fingerprint density at radius 1 is 1.30 bits per heavy atom. The summed E-state index contributed by atoms with van der Waals surface area (Å²) in [5, 5.41) is 7.18. The van der Waals surface area contributed by atoms with Crippen molar-refractivity contribution in [1.82, 2.24) is 14.8 Å². The van der Waals surface area contributed by atoms with Gasteiger partial charge in [0.1, 0.15) is 5.82 Å². The summed E-state index contributed by atoms with van der Waals surface area (Å²) in [7, 11) is 0. The van der Waals surface area contributed by atoms with E-state index in [9.17, 15) is 13.2 Å². The molecule has 3 heterocycles. The van der Waals surface area contributed by atoms with Gasteiger partial charge in [0, 0.05) is 30.1 Å². The van der Waals surface area contributed by atoms with Crippen molar-refractivity contribution in [1.29, 1.82) is 0 Å². The molecule has 2 aromatic heterocycles. The standard InChI is InChI=1S/C13H13F3N4/c1-8-11(9-2-5-17-6-3-9)19-20-10(13(14,15)16)4-7-18-12(8)20/h2-3,5-6,10,18H,4,7H2,1H3. The van der Waals surface area contributed by atoms with E-state index in [2.05, 4.69) is 15.4 Å². The molecule has 106 valence electrons. The first-order valence-electron chi connectivity index (χ1n) is 6.28. The van der Waals surface area contributed by atoms with E-state index in [1.165, 1.54) is 0 Å². The van der Waals surface area contributed by atoms with Gasteiger partial charge in [-0.25, -0.2) is 4.68 Å². The first-order chi connectivity index (χ1) is 9.48. The number of rotatable bonds is 1. The SMILES string of the molecule is Cc1c(-c2ccncc2)nn2c1NCCC2C(F)(F)F. The fourth-order valence-corrected chi connectivity index (χ4v) is 2.49. The number of hydrogen-bond donors (Lipinski definition) is 1. The highest BCUT2D eigenvalue weighted by Crippen LogP contribution is 2.40. The Balaban J connectivity index is 2.12. The van der Waals surface area contributed by atoms with Crippen LogP contribution >= 0.6 is 0 Å². The zero-order chi connectivity index (χ0) is 14.3. The summed E-state index contributed by atoms with van der Waals surface area (Å²) in [4.78, 5) is 3.91. The van der Waals surface area contributed by atoms with E-state index in [0.29, 0.717) is 18.1 Å². The Morgan fingerprint density at radius 3 is 2.65 bits per heavy atom. The van der Waals surface area contributed by atoms with E-state index in [-0.39, 0.29) is 6.42 Å². The molecule has 0 aliphatic carbocycles. The lowest BCUT2D eigenvalue weighted by Gasteiger charge is -2.27. The highest BCUT2D eigenvalue weighted by atomic mass is 19.4. The number of nitrogens with zero attached hydrogens (tertiary/aromatic N) is 3. The molecule has 20 heavy (non-hydrogen) atoms. The Hall–Kier alpha value is -2.05. The Morgan fingerprint density at radius 2 is 2.00 bits per heavy atom. The topological polar surface area (TPSA) is 42.7 Å². The summed E-state index contributed by atoms with van der Waals surface area (Å²) in [6.07, 6.45) is -1.10. The summed E-state index contributed by atoms with van der Waals surface area (Å²) in [5.74, 6) is 0.449. The molecule has 2 aromatic rings. The molecule has 0 saturated heterocycles. The van der Waals surface area contributed by atoms with Gasteiger partial charge >= 0.3 is 6.18 Å². The summed E-state index contributed by atoms with van der Waals surface area (Å²) in [6.45, 7) is 2.08. The predicted molar refractivity (Wildman–Crippen MR) is 68.4 cm³/mol. The maximum atomic E-state index is 13.1. The molecule has 0 aromatic carbocycles. The Bertz CT molecular complexity index is 619. The number of pyridine rings is 1. The highest BCUT2D eigenvalue weighted by molar-refractivity contribution is 5.69. The molecule has 0 spiro atoms. The zero-order valence-electron chi connectivity index (χ0n) is 10.8. The third-order valence-corrected chi connectivity index (χ3v) is 3.48. The molecule has 1 unspecified atom stereocenters. The Labute approximate surface area is 113 Å². The van der Waals surface area contributed by atoms with Crippen LogP contribution in [0.5, 0.6) is 0 Å². The van der Waals surface area contributed by atoms with Gasteiger partial charge < -0.3 is 5.32 Å². The van der Waals surface area contributed by atoms with Crippen molar-refractivity contribution in [2.45, 2.75) is 25.6 Å². The molecule has 1 aliphatic rings. The van der Waals surface area contributed by atoms with Crippen LogP contribution in [0.4, 0.5) is 19.0 Å². The van der Waals surface area contributed by atoms with Crippen molar-refractivity contribution < 1.29 is 13.2 Å². The molecule has 7 heteroatoms. The second kappa shape index (κ2) is 4.50. The normalized spacial score (nSPS) is 18.5. The van der Waals surface area contributed by atoms with Crippen LogP contribution in [-0.4, -0.2) is 27.5 Å². The molecular formula is C13H13F3N4. The molecule has 1 N–H and O–H groups in total. The van der Waals surface area contributed by atoms with Gasteiger partial charge in [0.15, 0.2) is 6.04 Å². The van der Waals surface area contributed by atoms with Gasteiger partial charge in [0.05, 0.1) is 5.69 Å². The maximum absolute atomic E-state index is 13.1. The van der Waals surface area contributed by atoms with Gasteiger partial charge in [-0.3, -0.25) is 4.98 Å². The van der Waals surface area contributed by atoms with Gasteiger partial charge in [-0.1, -0.05) is 0 Å². The molecular weight excluding hydrogens is 269 g/mol. The van der Waals surface area contributed by atoms with Crippen LogP contribution in [0, 0.1) is 6.92 Å². The highest BCUT2D eigenvalue weighted by Gasteiger charge is 2.44. The number of hydrogen-bond acceptors (Lipinski definition) is 3. The monoisotopic (exact) mass is 282 g/mol. The number of aromatic nitrogens is 3. The summed E-state index contributed by atoms with van der Waals surface area (Å²) in [5.41, 5.74) is 2.05. The fourth-order valence-electron chi connectivity index (χ4n) is 2.49. The minimum atomic E-state index is -4.29. The number of alkyl halides is 3. The molecule has 0 fully saturated rings. The summed E-state index contributed by atoms with van der Waals surface area (Å²) >= 11 is 0. The molecule has 4 nitrogen and oxygen atoms in total. The van der Waals surface area contributed by atoms with Crippen LogP contribution in [-0.2, 0) is 0 Å². The predicted octanol–water partition coefficient (Wildman–Crippen LogP) is 3.17. The Kier molecular flexibility index (Phi) is 2.92. The molecule has 0 amide bonds. The maximum Gasteiger partial charge on any atom is 0.410 e. The van der Waals surface area contributed by atoms with Gasteiger partial charge in [-0.05, 0) is 25.5 Å². The molecule has 0 bridgehead atoms. The third-order valence-electron chi connectivity index (χ3n) is 3.48. The van der Waals surface area contributed by atoms with E-state index in [4.69, 9.17) is 0 Å². The molecule has 0 radical (unpaired) electrons. The van der Waals surface area contributed by atoms with E-state index >= 15 is 0 Å². The van der Waals surface area contributed by atoms with Gasteiger partial charge in [-0.15, -0.1) is 0 Å². The molecule has 0 saturated carbocycles. The van der Waals surface area contributed by atoms with E-state index in [1.807, 2.05) is 0 Å². The number of anilines is 1. The van der Waals surface area contributed by atoms with Crippen LogP contribution in [0.25, 0.3) is 11.3 Å². The lowest BCUT2D eigenvalue weighted by molar-refractivity contribution is -0.171. The lowest BCUT2D eigenvalue weighted by Crippen LogP contribution is -2.34. The first kappa shape index (κ1) is 13.0. The number of nitrogens with one attached hydrogen (secondary N) is 1. The van der Waals surface area contributed by atoms with E-state index in [0.717, 1.165) is 15.8 Å². The minimum absolute atomic E-state index is 0.00654. The number of halogens is 3. The van der Waals surface area contributed by atoms with Crippen LogP contribution in [0.3, 0.4) is 0 Å². The van der Waals surface area contributed by atoms with Crippen LogP contribution in [0.1, 0.15) is 18.0 Å². The largest absolute Gasteiger partial charge is 0.410 e. The second-order valence-corrected chi connectivity index (χ2v) is 4.78. The third kappa shape index (κ3) is 2.03. The number of fused-ring (bicyclic) bond motifs is 1. The van der Waals surface area contributed by atoms with E-state index < -0.39 is 12.2 Å². The van der Waals surface area contributed by atoms with Crippen molar-refractivity contribution in [2.75, 3.05) is 11.9 Å². The van der Waals surface area contributed by atoms with Crippen LogP contribution in [0.2, 0.25) is 0 Å². The van der Waals surface area contributed by atoms with E-state index in [1.54, 1.807) is 31.5 Å². The fraction of sp³-hybridized carbons (Fsp3) is 0.385. The van der Waals surface area contributed by atoms with Crippen LogP contribution in [0.15, 0.2) is 24.5 Å². The van der Waals surface area contributed by atoms with Crippen molar-refractivity contribution in [2.24, 2.45) is 0 Å². The first-order valence-corrected chi connectivity index (χ1v) is 6.28. The molecule has 3 rings (SSSR count). The van der Waals surface area contributed by atoms with Gasteiger partial charge in [0.2, 0.25) is 0 Å². The van der Waals surface area contributed by atoms with Gasteiger partial charge in [0.25, 0.3) is 0 Å². The van der Waals surface area contributed by atoms with Crippen molar-refractivity contribution in [3.63, 3.8) is 0 Å². The van der Waals surface area contributed by atoms with Gasteiger partial charge in [-0.2, -0.15) is 18.3 Å². The molecule has 1 atom stereocenters. The quantitative estimate of drug-likeness (QED) is 0.873. The van der Waals surface area contributed by atoms with Crippen molar-refractivity contribution in [3.8, 4) is 11.3 Å². The molecule has 1 aliphatic heterocycles. The van der Waals surface area contributed by atoms with Crippen molar-refractivity contribution >= 4 is 5.82 Å². The smallest absolute Gasteiger partial charge is 0.370 e. The van der Waals surface area contributed by atoms with Crippen LogP contribution < -0.4 is 5.32 Å². The lowest BCUT2D eigenvalue weighted by atomic mass is 10.1.